The summed E-state index contributed by atoms with van der Waals surface area (Å²) in [6, 6.07) is 7.82. The molecule has 0 bridgehead atoms. The Morgan fingerprint density at radius 2 is 2.13 bits per heavy atom. The van der Waals surface area contributed by atoms with E-state index in [0.29, 0.717) is 5.92 Å². The third kappa shape index (κ3) is 3.54. The Kier molecular flexibility index (Phi) is 4.03. The van der Waals surface area contributed by atoms with Crippen LogP contribution >= 0.6 is 0 Å². The van der Waals surface area contributed by atoms with Crippen LogP contribution < -0.4 is 5.11 Å². The lowest BCUT2D eigenvalue weighted by Crippen LogP contribution is -2.25. The van der Waals surface area contributed by atoms with Gasteiger partial charge in [0.1, 0.15) is 0 Å². The van der Waals surface area contributed by atoms with Crippen LogP contribution in [-0.4, -0.2) is 18.7 Å². The van der Waals surface area contributed by atoms with Gasteiger partial charge in [0.25, 0.3) is 0 Å². The number of aliphatic carboxylic acids is 1. The summed E-state index contributed by atoms with van der Waals surface area (Å²) in [5.74, 6) is -0.760. The van der Waals surface area contributed by atoms with E-state index in [1.807, 2.05) is 24.3 Å². The van der Waals surface area contributed by atoms with Crippen molar-refractivity contribution < 1.29 is 9.90 Å². The molecule has 1 rings (SSSR count). The minimum Gasteiger partial charge on any atom is -0.548 e. The fourth-order valence-corrected chi connectivity index (χ4v) is 1.37. The molecule has 1 aromatic carbocycles. The van der Waals surface area contributed by atoms with Gasteiger partial charge in [0.15, 0.2) is 0 Å². The van der Waals surface area contributed by atoms with Crippen molar-refractivity contribution in [3.05, 3.63) is 35.4 Å². The number of carbonyl (C=O) groups is 1. The van der Waals surface area contributed by atoms with Crippen LogP contribution in [0.2, 0.25) is 0 Å². The highest BCUT2D eigenvalue weighted by Gasteiger charge is 2.02. The summed E-state index contributed by atoms with van der Waals surface area (Å²) in [6.07, 6.45) is 1.59. The zero-order valence-electron chi connectivity index (χ0n) is 8.93. The molecule has 0 aliphatic rings. The molecular formula is C12H14NO2-. The van der Waals surface area contributed by atoms with E-state index >= 15 is 0 Å². The molecule has 15 heavy (non-hydrogen) atoms. The highest BCUT2D eigenvalue weighted by atomic mass is 16.4. The van der Waals surface area contributed by atoms with E-state index in [2.05, 4.69) is 18.8 Å². The second kappa shape index (κ2) is 5.29. The van der Waals surface area contributed by atoms with Gasteiger partial charge in [-0.15, -0.1) is 0 Å². The molecule has 0 aromatic heterocycles. The predicted molar refractivity (Wildman–Crippen MR) is 58.0 cm³/mol. The van der Waals surface area contributed by atoms with Crippen molar-refractivity contribution in [2.24, 2.45) is 4.99 Å². The Morgan fingerprint density at radius 1 is 1.47 bits per heavy atom. The first-order valence-electron chi connectivity index (χ1n) is 4.90. The van der Waals surface area contributed by atoms with Gasteiger partial charge in [-0.1, -0.05) is 38.1 Å². The third-order valence-electron chi connectivity index (χ3n) is 2.07. The van der Waals surface area contributed by atoms with Crippen LogP contribution in [0.4, 0.5) is 0 Å². The summed E-state index contributed by atoms with van der Waals surface area (Å²) in [4.78, 5) is 14.0. The summed E-state index contributed by atoms with van der Waals surface area (Å²) >= 11 is 0. The van der Waals surface area contributed by atoms with E-state index in [1.54, 1.807) is 6.21 Å². The minimum atomic E-state index is -1.16. The average Bonchev–Trinajstić information content (AvgIpc) is 2.17. The molecule has 0 amide bonds. The first-order valence-corrected chi connectivity index (χ1v) is 4.90. The van der Waals surface area contributed by atoms with Gasteiger partial charge in [0, 0.05) is 6.21 Å². The normalized spacial score (nSPS) is 11.1. The zero-order chi connectivity index (χ0) is 11.3. The van der Waals surface area contributed by atoms with Gasteiger partial charge in [-0.2, -0.15) is 0 Å². The monoisotopic (exact) mass is 204 g/mol. The van der Waals surface area contributed by atoms with E-state index in [9.17, 15) is 9.90 Å². The fourth-order valence-electron chi connectivity index (χ4n) is 1.37. The van der Waals surface area contributed by atoms with Gasteiger partial charge in [0.2, 0.25) is 0 Å². The van der Waals surface area contributed by atoms with Crippen molar-refractivity contribution in [2.45, 2.75) is 19.8 Å². The first-order chi connectivity index (χ1) is 7.11. The van der Waals surface area contributed by atoms with Gasteiger partial charge in [0.05, 0.1) is 12.5 Å². The molecule has 0 fully saturated rings. The maximum Gasteiger partial charge on any atom is 0.0785 e. The van der Waals surface area contributed by atoms with Crippen molar-refractivity contribution in [3.8, 4) is 0 Å². The number of carboxylic acid groups (broad SMARTS) is 1. The van der Waals surface area contributed by atoms with E-state index in [4.69, 9.17) is 0 Å². The lowest BCUT2D eigenvalue weighted by molar-refractivity contribution is -0.303. The van der Waals surface area contributed by atoms with Crippen LogP contribution in [0.5, 0.6) is 0 Å². The molecule has 0 saturated carbocycles. The number of hydrogen-bond donors (Lipinski definition) is 0. The number of carboxylic acids is 1. The van der Waals surface area contributed by atoms with Crippen LogP contribution in [0.1, 0.15) is 30.9 Å². The number of aliphatic imine (C=N–C) groups is 1. The number of hydrogen-bond acceptors (Lipinski definition) is 3. The molecule has 0 spiro atoms. The third-order valence-corrected chi connectivity index (χ3v) is 2.07. The molecule has 0 unspecified atom stereocenters. The molecule has 0 N–H and O–H groups in total. The molecule has 0 saturated heterocycles. The molecule has 0 radical (unpaired) electrons. The van der Waals surface area contributed by atoms with Gasteiger partial charge in [-0.05, 0) is 17.0 Å². The summed E-state index contributed by atoms with van der Waals surface area (Å²) in [5, 5.41) is 10.2. The minimum absolute atomic E-state index is 0.285. The van der Waals surface area contributed by atoms with E-state index in [-0.39, 0.29) is 6.54 Å². The lowest BCUT2D eigenvalue weighted by atomic mass is 9.98. The van der Waals surface area contributed by atoms with Gasteiger partial charge >= 0.3 is 0 Å². The molecule has 3 nitrogen and oxygen atoms in total. The van der Waals surface area contributed by atoms with E-state index in [1.165, 1.54) is 5.56 Å². The van der Waals surface area contributed by atoms with Crippen molar-refractivity contribution in [1.82, 2.24) is 0 Å². The standard InChI is InChI=1S/C12H15NO2/c1-9(2)11-6-4-3-5-10(11)7-13-8-12(14)15/h3-7,9H,8H2,1-2H3,(H,14,15)/p-1. The lowest BCUT2D eigenvalue weighted by Gasteiger charge is -2.08. The Bertz CT molecular complexity index is 370. The van der Waals surface area contributed by atoms with Crippen LogP contribution in [0.25, 0.3) is 0 Å². The SMILES string of the molecule is CC(C)c1ccccc1C=NCC(=O)[O-]. The van der Waals surface area contributed by atoms with Gasteiger partial charge in [-0.3, -0.25) is 4.99 Å². The molecule has 0 atom stereocenters. The Labute approximate surface area is 89.5 Å². The highest BCUT2D eigenvalue weighted by Crippen LogP contribution is 2.17. The highest BCUT2D eigenvalue weighted by molar-refractivity contribution is 5.83. The van der Waals surface area contributed by atoms with E-state index < -0.39 is 5.97 Å². The summed E-state index contributed by atoms with van der Waals surface area (Å²) in [6.45, 7) is 3.89. The second-order valence-electron chi connectivity index (χ2n) is 3.63. The van der Waals surface area contributed by atoms with Crippen molar-refractivity contribution >= 4 is 12.2 Å². The van der Waals surface area contributed by atoms with Crippen molar-refractivity contribution in [2.75, 3.05) is 6.54 Å². The molecule has 80 valence electrons. The molecule has 1 aromatic rings. The van der Waals surface area contributed by atoms with Gasteiger partial charge < -0.3 is 9.90 Å². The molecule has 0 heterocycles. The molecule has 0 aliphatic heterocycles. The quantitative estimate of drug-likeness (QED) is 0.686. The predicted octanol–water partition coefficient (Wildman–Crippen LogP) is 0.979. The molecular weight excluding hydrogens is 190 g/mol. The van der Waals surface area contributed by atoms with Crippen molar-refractivity contribution in [3.63, 3.8) is 0 Å². The summed E-state index contributed by atoms with van der Waals surface area (Å²) < 4.78 is 0. The van der Waals surface area contributed by atoms with Crippen LogP contribution in [0.3, 0.4) is 0 Å². The number of carbonyl (C=O) groups excluding carboxylic acids is 1. The van der Waals surface area contributed by atoms with Crippen molar-refractivity contribution in [1.29, 1.82) is 0 Å². The Morgan fingerprint density at radius 3 is 2.73 bits per heavy atom. The maximum atomic E-state index is 10.2. The molecule has 3 heteroatoms. The topological polar surface area (TPSA) is 52.5 Å². The Hall–Kier alpha value is -1.64. The van der Waals surface area contributed by atoms with Gasteiger partial charge in [-0.25, -0.2) is 0 Å². The van der Waals surface area contributed by atoms with Crippen LogP contribution in [-0.2, 0) is 4.79 Å². The van der Waals surface area contributed by atoms with E-state index in [0.717, 1.165) is 5.56 Å². The van der Waals surface area contributed by atoms with Crippen LogP contribution in [0.15, 0.2) is 29.3 Å². The first kappa shape index (κ1) is 11.4. The average molecular weight is 204 g/mol. The number of rotatable bonds is 4. The number of benzene rings is 1. The summed E-state index contributed by atoms with van der Waals surface area (Å²) in [5.41, 5.74) is 2.13. The largest absolute Gasteiger partial charge is 0.548 e. The van der Waals surface area contributed by atoms with Crippen LogP contribution in [0, 0.1) is 0 Å². The molecule has 0 aliphatic carbocycles. The second-order valence-corrected chi connectivity index (χ2v) is 3.63. The summed E-state index contributed by atoms with van der Waals surface area (Å²) in [7, 11) is 0. The maximum absolute atomic E-state index is 10.2. The zero-order valence-corrected chi connectivity index (χ0v) is 8.93. The Balaban J connectivity index is 2.84. The smallest absolute Gasteiger partial charge is 0.0785 e. The number of nitrogens with zero attached hydrogens (tertiary/aromatic N) is 1. The fraction of sp³-hybridized carbons (Fsp3) is 0.333.